The summed E-state index contributed by atoms with van der Waals surface area (Å²) in [5.41, 5.74) is 12.8. The van der Waals surface area contributed by atoms with Gasteiger partial charge in [-0.05, 0) is 76.9 Å². The van der Waals surface area contributed by atoms with Crippen LogP contribution in [0.3, 0.4) is 0 Å². The van der Waals surface area contributed by atoms with Gasteiger partial charge in [-0.1, -0.05) is 127 Å². The number of aromatic nitrogens is 4. The summed E-state index contributed by atoms with van der Waals surface area (Å²) in [7, 11) is 0. The first-order valence-corrected chi connectivity index (χ1v) is 19.6. The minimum atomic E-state index is 0.696. The number of fused-ring (bicyclic) bond motifs is 6. The molecule has 0 fully saturated rings. The maximum atomic E-state index is 5.34. The van der Waals surface area contributed by atoms with Crippen molar-refractivity contribution in [3.8, 4) is 61.8 Å². The largest absolute Gasteiger partial charge is 0.309 e. The Morgan fingerprint density at radius 1 is 0.393 bits per heavy atom. The molecule has 11 aromatic rings. The lowest BCUT2D eigenvalue weighted by Gasteiger charge is -2.15. The Balaban J connectivity index is 1.16. The van der Waals surface area contributed by atoms with Gasteiger partial charge in [0, 0.05) is 65.7 Å². The number of rotatable bonds is 6. The molecule has 11 rings (SSSR count). The van der Waals surface area contributed by atoms with Gasteiger partial charge in [0.15, 0.2) is 5.82 Å². The predicted molar refractivity (Wildman–Crippen MR) is 234 cm³/mol. The minimum Gasteiger partial charge on any atom is -0.309 e. The molecule has 0 saturated heterocycles. The van der Waals surface area contributed by atoms with Gasteiger partial charge in [-0.3, -0.25) is 4.98 Å². The third kappa shape index (κ3) is 5.48. The maximum absolute atomic E-state index is 5.34. The first-order chi connectivity index (χ1) is 27.7. The summed E-state index contributed by atoms with van der Waals surface area (Å²) in [6.45, 7) is 0. The van der Waals surface area contributed by atoms with Crippen LogP contribution in [0.1, 0.15) is 0 Å². The summed E-state index contributed by atoms with van der Waals surface area (Å²) < 4.78 is 4.89. The van der Waals surface area contributed by atoms with Crippen molar-refractivity contribution >= 4 is 53.3 Å². The van der Waals surface area contributed by atoms with E-state index in [0.29, 0.717) is 5.82 Å². The fraction of sp³-hybridized carbons (Fsp3) is 0. The van der Waals surface area contributed by atoms with E-state index >= 15 is 0 Å². The van der Waals surface area contributed by atoms with Gasteiger partial charge in [0.1, 0.15) is 0 Å². The average molecular weight is 733 g/mol. The van der Waals surface area contributed by atoms with Crippen molar-refractivity contribution in [2.45, 2.75) is 0 Å². The lowest BCUT2D eigenvalue weighted by atomic mass is 9.97. The Kier molecular flexibility index (Phi) is 7.64. The quantitative estimate of drug-likeness (QED) is 0.171. The predicted octanol–water partition coefficient (Wildman–Crippen LogP) is 13.7. The van der Waals surface area contributed by atoms with Crippen LogP contribution in [0, 0.1) is 0 Å². The van der Waals surface area contributed by atoms with E-state index in [2.05, 4.69) is 161 Å². The summed E-state index contributed by atoms with van der Waals surface area (Å²) in [6.07, 6.45) is 3.68. The SMILES string of the molecule is c1ccc(-c2nc(-c3cc(-c4ccc(-c5ccncc5)cc4)cc(-n4c5ccccc5c5ccccc54)c3)cc(-c3cccc4c3sc3ccccc34)n2)cc1. The fourth-order valence-electron chi connectivity index (χ4n) is 8.05. The van der Waals surface area contributed by atoms with Crippen molar-refractivity contribution in [3.63, 3.8) is 0 Å². The van der Waals surface area contributed by atoms with Crippen LogP contribution in [-0.4, -0.2) is 19.5 Å². The van der Waals surface area contributed by atoms with E-state index in [1.165, 1.54) is 30.9 Å². The van der Waals surface area contributed by atoms with Crippen LogP contribution >= 0.6 is 11.3 Å². The van der Waals surface area contributed by atoms with Gasteiger partial charge in [0.25, 0.3) is 0 Å². The van der Waals surface area contributed by atoms with E-state index in [4.69, 9.17) is 9.97 Å². The van der Waals surface area contributed by atoms with Crippen LogP contribution in [0.5, 0.6) is 0 Å². The highest BCUT2D eigenvalue weighted by molar-refractivity contribution is 7.26. The molecule has 5 heteroatoms. The van der Waals surface area contributed by atoms with Crippen LogP contribution in [0.15, 0.2) is 194 Å². The molecule has 0 radical (unpaired) electrons. The van der Waals surface area contributed by atoms with Gasteiger partial charge in [0.2, 0.25) is 0 Å². The molecule has 0 aliphatic rings. The Morgan fingerprint density at radius 3 is 1.73 bits per heavy atom. The Labute approximate surface area is 327 Å². The number of para-hydroxylation sites is 2. The number of benzene rings is 7. The van der Waals surface area contributed by atoms with E-state index in [0.717, 1.165) is 67.1 Å². The summed E-state index contributed by atoms with van der Waals surface area (Å²) in [5.74, 6) is 0.696. The highest BCUT2D eigenvalue weighted by Gasteiger charge is 2.18. The van der Waals surface area contributed by atoms with E-state index in [-0.39, 0.29) is 0 Å². The van der Waals surface area contributed by atoms with Gasteiger partial charge in [-0.25, -0.2) is 9.97 Å². The van der Waals surface area contributed by atoms with Gasteiger partial charge in [-0.15, -0.1) is 11.3 Å². The summed E-state index contributed by atoms with van der Waals surface area (Å²) >= 11 is 1.82. The molecular formula is C51H32N4S. The monoisotopic (exact) mass is 732 g/mol. The third-order valence-corrected chi connectivity index (χ3v) is 11.9. The molecule has 4 heterocycles. The summed E-state index contributed by atoms with van der Waals surface area (Å²) in [4.78, 5) is 14.8. The second kappa shape index (κ2) is 13.3. The molecule has 0 aliphatic heterocycles. The summed E-state index contributed by atoms with van der Waals surface area (Å²) in [5, 5.41) is 4.97. The van der Waals surface area contributed by atoms with Crippen molar-refractivity contribution in [2.24, 2.45) is 0 Å². The standard InChI is InChI=1S/C51H32N4S/c1-2-11-36(12-3-1)51-53-45(32-46(54-51)44-17-10-16-43-42-15-6-9-20-49(42)56-50(43)44)38-29-37(34-23-21-33(22-24-34)35-25-27-52-28-26-35)30-39(31-38)55-47-18-7-4-13-40(47)41-14-5-8-19-48(41)55/h1-32H. The zero-order valence-electron chi connectivity index (χ0n) is 30.2. The Bertz CT molecular complexity index is 3180. The molecule has 0 N–H and O–H groups in total. The van der Waals surface area contributed by atoms with Crippen molar-refractivity contribution in [2.75, 3.05) is 0 Å². The number of pyridine rings is 1. The molecule has 56 heavy (non-hydrogen) atoms. The lowest BCUT2D eigenvalue weighted by Crippen LogP contribution is -1.99. The molecule has 4 aromatic heterocycles. The second-order valence-electron chi connectivity index (χ2n) is 14.1. The molecule has 7 aromatic carbocycles. The number of hydrogen-bond acceptors (Lipinski definition) is 4. The number of nitrogens with zero attached hydrogens (tertiary/aromatic N) is 4. The van der Waals surface area contributed by atoms with E-state index in [1.807, 2.05) is 54.1 Å². The fourth-order valence-corrected chi connectivity index (χ4v) is 9.28. The van der Waals surface area contributed by atoms with E-state index < -0.39 is 0 Å². The Morgan fingerprint density at radius 2 is 0.982 bits per heavy atom. The van der Waals surface area contributed by atoms with Crippen LogP contribution in [0.25, 0.3) is 104 Å². The Hall–Kier alpha value is -7.21. The van der Waals surface area contributed by atoms with Crippen molar-refractivity contribution in [1.82, 2.24) is 19.5 Å². The van der Waals surface area contributed by atoms with Crippen molar-refractivity contribution in [1.29, 1.82) is 0 Å². The number of thiophene rings is 1. The molecule has 262 valence electrons. The third-order valence-electron chi connectivity index (χ3n) is 10.7. The van der Waals surface area contributed by atoms with Gasteiger partial charge < -0.3 is 4.57 Å². The second-order valence-corrected chi connectivity index (χ2v) is 15.1. The van der Waals surface area contributed by atoms with Crippen LogP contribution in [0.4, 0.5) is 0 Å². The summed E-state index contributed by atoms with van der Waals surface area (Å²) in [6, 6.07) is 64.8. The minimum absolute atomic E-state index is 0.696. The molecule has 0 bridgehead atoms. The molecule has 0 aliphatic carbocycles. The zero-order chi connectivity index (χ0) is 37.0. The van der Waals surface area contributed by atoms with Crippen LogP contribution in [0.2, 0.25) is 0 Å². The van der Waals surface area contributed by atoms with Gasteiger partial charge in [0.05, 0.1) is 22.4 Å². The molecule has 4 nitrogen and oxygen atoms in total. The van der Waals surface area contributed by atoms with E-state index in [9.17, 15) is 0 Å². The molecule has 0 atom stereocenters. The first kappa shape index (κ1) is 32.2. The molecule has 0 unspecified atom stereocenters. The smallest absolute Gasteiger partial charge is 0.160 e. The zero-order valence-corrected chi connectivity index (χ0v) is 31.0. The highest BCUT2D eigenvalue weighted by Crippen LogP contribution is 2.41. The van der Waals surface area contributed by atoms with Crippen LogP contribution in [-0.2, 0) is 0 Å². The van der Waals surface area contributed by atoms with Crippen LogP contribution < -0.4 is 0 Å². The molecule has 0 spiro atoms. The molecule has 0 amide bonds. The highest BCUT2D eigenvalue weighted by atomic mass is 32.1. The number of hydrogen-bond donors (Lipinski definition) is 0. The normalized spacial score (nSPS) is 11.6. The molecule has 0 saturated carbocycles. The topological polar surface area (TPSA) is 43.6 Å². The van der Waals surface area contributed by atoms with Gasteiger partial charge >= 0.3 is 0 Å². The first-order valence-electron chi connectivity index (χ1n) is 18.8. The van der Waals surface area contributed by atoms with Crippen molar-refractivity contribution in [3.05, 3.63) is 194 Å². The van der Waals surface area contributed by atoms with Gasteiger partial charge in [-0.2, -0.15) is 0 Å². The average Bonchev–Trinajstić information content (AvgIpc) is 3.83. The maximum Gasteiger partial charge on any atom is 0.160 e. The molecular weight excluding hydrogens is 701 g/mol. The van der Waals surface area contributed by atoms with Crippen molar-refractivity contribution < 1.29 is 0 Å². The van der Waals surface area contributed by atoms with E-state index in [1.54, 1.807) is 0 Å². The lowest BCUT2D eigenvalue weighted by molar-refractivity contribution is 1.17.